The van der Waals surface area contributed by atoms with Crippen LogP contribution in [-0.4, -0.2) is 39.8 Å². The lowest BCUT2D eigenvalue weighted by Gasteiger charge is -2.38. The van der Waals surface area contributed by atoms with Crippen molar-refractivity contribution in [3.63, 3.8) is 0 Å². The fourth-order valence-electron chi connectivity index (χ4n) is 3.76. The largest absolute Gasteiger partial charge is 0.497 e. The van der Waals surface area contributed by atoms with E-state index in [-0.39, 0.29) is 18.5 Å². The SMILES string of the molecule is CCc1ccc(N(CC(=O)N[C@H]2CC(C)(C)Oc3cc(OC)ccc32)S(C)(=O)=O)cc1. The number of anilines is 1. The molecule has 2 aromatic rings. The minimum absolute atomic E-state index is 0.298. The molecule has 0 unspecified atom stereocenters. The fraction of sp³-hybridized carbons (Fsp3) is 0.435. The topological polar surface area (TPSA) is 84.9 Å². The van der Waals surface area contributed by atoms with Crippen molar-refractivity contribution in [2.45, 2.75) is 45.3 Å². The molecule has 2 aromatic carbocycles. The number of aryl methyl sites for hydroxylation is 1. The number of methoxy groups -OCH3 is 1. The Labute approximate surface area is 184 Å². The van der Waals surface area contributed by atoms with Crippen LogP contribution < -0.4 is 19.1 Å². The van der Waals surface area contributed by atoms with Gasteiger partial charge in [-0.1, -0.05) is 19.1 Å². The van der Waals surface area contributed by atoms with Crippen molar-refractivity contribution in [2.75, 3.05) is 24.2 Å². The molecule has 1 amide bonds. The molecule has 0 fully saturated rings. The number of carbonyl (C=O) groups excluding carboxylic acids is 1. The van der Waals surface area contributed by atoms with Crippen molar-refractivity contribution >= 4 is 21.6 Å². The molecule has 0 saturated carbocycles. The lowest BCUT2D eigenvalue weighted by Crippen LogP contribution is -2.45. The van der Waals surface area contributed by atoms with Crippen molar-refractivity contribution in [1.82, 2.24) is 5.32 Å². The first-order valence-corrected chi connectivity index (χ1v) is 12.1. The average Bonchev–Trinajstić information content (AvgIpc) is 2.70. The molecule has 0 aliphatic carbocycles. The molecule has 0 bridgehead atoms. The summed E-state index contributed by atoms with van der Waals surface area (Å²) in [4.78, 5) is 12.9. The van der Waals surface area contributed by atoms with E-state index in [9.17, 15) is 13.2 Å². The van der Waals surface area contributed by atoms with Crippen molar-refractivity contribution in [2.24, 2.45) is 0 Å². The van der Waals surface area contributed by atoms with Crippen LogP contribution in [0.5, 0.6) is 11.5 Å². The van der Waals surface area contributed by atoms with Crippen LogP contribution in [-0.2, 0) is 21.2 Å². The quantitative estimate of drug-likeness (QED) is 0.704. The van der Waals surface area contributed by atoms with Crippen LogP contribution in [0.2, 0.25) is 0 Å². The lowest BCUT2D eigenvalue weighted by atomic mass is 9.89. The van der Waals surface area contributed by atoms with E-state index >= 15 is 0 Å². The molecule has 7 nitrogen and oxygen atoms in total. The van der Waals surface area contributed by atoms with E-state index in [1.165, 1.54) is 0 Å². The standard InChI is InChI=1S/C23H30N2O5S/c1-6-16-7-9-17(10-8-16)25(31(5,27)28)15-22(26)24-20-14-23(2,3)30-21-13-18(29-4)11-12-19(20)21/h7-13,20H,6,14-15H2,1-5H3,(H,24,26)/t20-/m0/s1. The minimum Gasteiger partial charge on any atom is -0.497 e. The summed E-state index contributed by atoms with van der Waals surface area (Å²) in [5.41, 5.74) is 1.90. The normalized spacial score (nSPS) is 17.3. The molecule has 1 aliphatic heterocycles. The number of carbonyl (C=O) groups is 1. The van der Waals surface area contributed by atoms with Gasteiger partial charge in [0.2, 0.25) is 15.9 Å². The Morgan fingerprint density at radius 1 is 1.23 bits per heavy atom. The first-order chi connectivity index (χ1) is 14.5. The summed E-state index contributed by atoms with van der Waals surface area (Å²) in [7, 11) is -2.05. The van der Waals surface area contributed by atoms with Gasteiger partial charge in [0.05, 0.1) is 25.1 Å². The third-order valence-corrected chi connectivity index (χ3v) is 6.47. The molecule has 1 N–H and O–H groups in total. The molecule has 8 heteroatoms. The van der Waals surface area contributed by atoms with E-state index in [0.29, 0.717) is 23.6 Å². The summed E-state index contributed by atoms with van der Waals surface area (Å²) in [5.74, 6) is 0.936. The lowest BCUT2D eigenvalue weighted by molar-refractivity contribution is -0.120. The van der Waals surface area contributed by atoms with Gasteiger partial charge < -0.3 is 14.8 Å². The second kappa shape index (κ2) is 8.78. The van der Waals surface area contributed by atoms with Gasteiger partial charge >= 0.3 is 0 Å². The van der Waals surface area contributed by atoms with E-state index in [0.717, 1.165) is 28.1 Å². The van der Waals surface area contributed by atoms with Crippen molar-refractivity contribution < 1.29 is 22.7 Å². The zero-order valence-electron chi connectivity index (χ0n) is 18.6. The van der Waals surface area contributed by atoms with E-state index in [2.05, 4.69) is 5.32 Å². The fourth-order valence-corrected chi connectivity index (χ4v) is 4.61. The predicted molar refractivity (Wildman–Crippen MR) is 121 cm³/mol. The van der Waals surface area contributed by atoms with E-state index in [1.54, 1.807) is 25.3 Å². The molecule has 1 heterocycles. The van der Waals surface area contributed by atoms with E-state index in [4.69, 9.17) is 9.47 Å². The van der Waals surface area contributed by atoms with Gasteiger partial charge in [-0.15, -0.1) is 0 Å². The summed E-state index contributed by atoms with van der Waals surface area (Å²) >= 11 is 0. The van der Waals surface area contributed by atoms with Crippen LogP contribution in [0, 0.1) is 0 Å². The molecule has 1 aliphatic rings. The number of amides is 1. The van der Waals surface area contributed by atoms with Crippen molar-refractivity contribution in [3.05, 3.63) is 53.6 Å². The van der Waals surface area contributed by atoms with Gasteiger partial charge in [0.25, 0.3) is 0 Å². The Morgan fingerprint density at radius 2 is 1.90 bits per heavy atom. The molecule has 0 saturated heterocycles. The monoisotopic (exact) mass is 446 g/mol. The maximum atomic E-state index is 12.9. The molecule has 1 atom stereocenters. The molecule has 31 heavy (non-hydrogen) atoms. The third-order valence-electron chi connectivity index (χ3n) is 5.33. The molecule has 0 radical (unpaired) electrons. The molecule has 168 valence electrons. The van der Waals surface area contributed by atoms with Crippen molar-refractivity contribution in [3.8, 4) is 11.5 Å². The highest BCUT2D eigenvalue weighted by molar-refractivity contribution is 7.92. The first kappa shape index (κ1) is 22.9. The number of ether oxygens (including phenoxy) is 2. The van der Waals surface area contributed by atoms with E-state index < -0.39 is 15.6 Å². The average molecular weight is 447 g/mol. The number of hydrogen-bond acceptors (Lipinski definition) is 5. The highest BCUT2D eigenvalue weighted by Crippen LogP contribution is 2.41. The van der Waals surface area contributed by atoms with Gasteiger partial charge in [0.15, 0.2) is 0 Å². The number of nitrogens with one attached hydrogen (secondary N) is 1. The summed E-state index contributed by atoms with van der Waals surface area (Å²) in [6.45, 7) is 5.63. The number of nitrogens with zero attached hydrogens (tertiary/aromatic N) is 1. The second-order valence-electron chi connectivity index (χ2n) is 8.38. The van der Waals surface area contributed by atoms with Crippen LogP contribution in [0.25, 0.3) is 0 Å². The maximum Gasteiger partial charge on any atom is 0.241 e. The Hall–Kier alpha value is -2.74. The number of fused-ring (bicyclic) bond motifs is 1. The molecule has 0 spiro atoms. The van der Waals surface area contributed by atoms with Gasteiger partial charge in [-0.2, -0.15) is 0 Å². The molecule has 0 aromatic heterocycles. The molecular formula is C23H30N2O5S. The number of hydrogen-bond donors (Lipinski definition) is 1. The van der Waals surface area contributed by atoms with Crippen LogP contribution >= 0.6 is 0 Å². The van der Waals surface area contributed by atoms with E-state index in [1.807, 2.05) is 45.0 Å². The van der Waals surface area contributed by atoms with Crippen LogP contribution in [0.3, 0.4) is 0 Å². The Kier molecular flexibility index (Phi) is 6.50. The Morgan fingerprint density at radius 3 is 2.48 bits per heavy atom. The molecular weight excluding hydrogens is 416 g/mol. The minimum atomic E-state index is -3.63. The van der Waals surface area contributed by atoms with Gasteiger partial charge in [0, 0.05) is 18.1 Å². The Bertz CT molecular complexity index is 1050. The maximum absolute atomic E-state index is 12.9. The van der Waals surface area contributed by atoms with Crippen molar-refractivity contribution in [1.29, 1.82) is 0 Å². The van der Waals surface area contributed by atoms with Crippen LogP contribution in [0.4, 0.5) is 5.69 Å². The number of rotatable bonds is 7. The summed E-state index contributed by atoms with van der Waals surface area (Å²) in [6.07, 6.45) is 2.51. The van der Waals surface area contributed by atoms with Gasteiger partial charge in [0.1, 0.15) is 23.6 Å². The van der Waals surface area contributed by atoms with Gasteiger partial charge in [-0.05, 0) is 50.1 Å². The zero-order valence-corrected chi connectivity index (χ0v) is 19.5. The Balaban J connectivity index is 1.82. The first-order valence-electron chi connectivity index (χ1n) is 10.3. The van der Waals surface area contributed by atoms with Crippen LogP contribution in [0.1, 0.15) is 44.4 Å². The van der Waals surface area contributed by atoms with Gasteiger partial charge in [-0.25, -0.2) is 8.42 Å². The third kappa shape index (κ3) is 5.50. The summed E-state index contributed by atoms with van der Waals surface area (Å²) in [5, 5.41) is 3.00. The predicted octanol–water partition coefficient (Wildman–Crippen LogP) is 3.44. The van der Waals surface area contributed by atoms with Crippen LogP contribution in [0.15, 0.2) is 42.5 Å². The number of sulfonamides is 1. The summed E-state index contributed by atoms with van der Waals surface area (Å²) < 4.78 is 37.3. The number of benzene rings is 2. The zero-order chi connectivity index (χ0) is 22.8. The summed E-state index contributed by atoms with van der Waals surface area (Å²) in [6, 6.07) is 12.4. The second-order valence-corrected chi connectivity index (χ2v) is 10.3. The smallest absolute Gasteiger partial charge is 0.241 e. The van der Waals surface area contributed by atoms with Gasteiger partial charge in [-0.3, -0.25) is 9.10 Å². The highest BCUT2D eigenvalue weighted by atomic mass is 32.2. The molecule has 3 rings (SSSR count). The highest BCUT2D eigenvalue weighted by Gasteiger charge is 2.35.